The summed E-state index contributed by atoms with van der Waals surface area (Å²) >= 11 is 0. The van der Waals surface area contributed by atoms with Crippen LogP contribution in [0.1, 0.15) is 41.8 Å². The summed E-state index contributed by atoms with van der Waals surface area (Å²) in [7, 11) is 1.27. The predicted octanol–water partition coefficient (Wildman–Crippen LogP) is 5.64. The lowest BCUT2D eigenvalue weighted by Crippen LogP contribution is -2.42. The molecule has 0 aromatic heterocycles. The molecule has 0 saturated heterocycles. The average molecular weight is 396 g/mol. The van der Waals surface area contributed by atoms with Crippen molar-refractivity contribution in [2.24, 2.45) is 0 Å². The van der Waals surface area contributed by atoms with Gasteiger partial charge in [-0.05, 0) is 60.9 Å². The second-order valence-corrected chi connectivity index (χ2v) is 6.44. The average Bonchev–Trinajstić information content (AvgIpc) is 2.67. The standard InChI is InChI=1S/C21H23F3O4/c1-4-5-16-12-17(20(2,21(22,23)24)27-14-26-3)8-11-19(16)28-18-9-6-15(13-25)7-10-18/h6-13H,4-5,14H2,1-3H3. The van der Waals surface area contributed by atoms with Gasteiger partial charge in [0.25, 0.3) is 0 Å². The minimum Gasteiger partial charge on any atom is -0.457 e. The summed E-state index contributed by atoms with van der Waals surface area (Å²) in [5, 5.41) is 0. The normalized spacial score (nSPS) is 13.8. The van der Waals surface area contributed by atoms with Crippen molar-refractivity contribution in [1.29, 1.82) is 0 Å². The van der Waals surface area contributed by atoms with Crippen LogP contribution in [-0.2, 0) is 21.5 Å². The maximum Gasteiger partial charge on any atom is 0.421 e. The first-order valence-corrected chi connectivity index (χ1v) is 8.81. The van der Waals surface area contributed by atoms with E-state index in [0.717, 1.165) is 19.6 Å². The van der Waals surface area contributed by atoms with E-state index in [1.165, 1.54) is 25.3 Å². The molecule has 0 amide bonds. The molecule has 28 heavy (non-hydrogen) atoms. The lowest BCUT2D eigenvalue weighted by atomic mass is 9.92. The fourth-order valence-corrected chi connectivity index (χ4v) is 2.69. The number of aryl methyl sites for hydroxylation is 1. The Labute approximate surface area is 162 Å². The van der Waals surface area contributed by atoms with Gasteiger partial charge in [0.1, 0.15) is 24.6 Å². The summed E-state index contributed by atoms with van der Waals surface area (Å²) in [5.74, 6) is 0.950. The van der Waals surface area contributed by atoms with Gasteiger partial charge in [0.15, 0.2) is 5.60 Å². The van der Waals surface area contributed by atoms with Crippen LogP contribution >= 0.6 is 0 Å². The number of hydrogen-bond acceptors (Lipinski definition) is 4. The minimum absolute atomic E-state index is 0.0239. The van der Waals surface area contributed by atoms with Gasteiger partial charge in [-0.15, -0.1) is 0 Å². The van der Waals surface area contributed by atoms with Crippen molar-refractivity contribution in [3.8, 4) is 11.5 Å². The van der Waals surface area contributed by atoms with E-state index in [1.54, 1.807) is 24.3 Å². The van der Waals surface area contributed by atoms with Gasteiger partial charge in [-0.2, -0.15) is 13.2 Å². The number of hydrogen-bond donors (Lipinski definition) is 0. The summed E-state index contributed by atoms with van der Waals surface area (Å²) in [6.45, 7) is 2.43. The lowest BCUT2D eigenvalue weighted by molar-refractivity contribution is -0.296. The SMILES string of the molecule is CCCc1cc(C(C)(OCOC)C(F)(F)F)ccc1Oc1ccc(C=O)cc1. The third-order valence-corrected chi connectivity index (χ3v) is 4.38. The van der Waals surface area contributed by atoms with E-state index in [2.05, 4.69) is 4.74 Å². The zero-order valence-corrected chi connectivity index (χ0v) is 16.0. The van der Waals surface area contributed by atoms with Crippen molar-refractivity contribution in [1.82, 2.24) is 0 Å². The highest BCUT2D eigenvalue weighted by Crippen LogP contribution is 2.43. The third-order valence-electron chi connectivity index (χ3n) is 4.38. The number of halogens is 3. The molecule has 0 N–H and O–H groups in total. The van der Waals surface area contributed by atoms with Crippen LogP contribution < -0.4 is 4.74 Å². The van der Waals surface area contributed by atoms with Crippen molar-refractivity contribution in [2.45, 2.75) is 38.5 Å². The fraction of sp³-hybridized carbons (Fsp3) is 0.381. The Bertz CT molecular complexity index is 787. The molecule has 0 radical (unpaired) electrons. The number of alkyl halides is 3. The largest absolute Gasteiger partial charge is 0.457 e. The second kappa shape index (κ2) is 9.21. The zero-order chi connectivity index (χ0) is 20.8. The van der Waals surface area contributed by atoms with E-state index in [-0.39, 0.29) is 5.56 Å². The number of carbonyl (C=O) groups excluding carboxylic acids is 1. The minimum atomic E-state index is -4.62. The van der Waals surface area contributed by atoms with E-state index in [1.807, 2.05) is 6.92 Å². The Morgan fingerprint density at radius 3 is 2.29 bits per heavy atom. The Morgan fingerprint density at radius 2 is 1.75 bits per heavy atom. The van der Waals surface area contributed by atoms with Crippen LogP contribution in [0.15, 0.2) is 42.5 Å². The molecule has 0 aliphatic carbocycles. The zero-order valence-electron chi connectivity index (χ0n) is 16.0. The van der Waals surface area contributed by atoms with Crippen LogP contribution in [0.25, 0.3) is 0 Å². The molecule has 0 aliphatic heterocycles. The van der Waals surface area contributed by atoms with Crippen molar-refractivity contribution < 1.29 is 32.2 Å². The Morgan fingerprint density at radius 1 is 1.07 bits per heavy atom. The van der Waals surface area contributed by atoms with Gasteiger partial charge >= 0.3 is 6.18 Å². The van der Waals surface area contributed by atoms with E-state index in [0.29, 0.717) is 29.0 Å². The van der Waals surface area contributed by atoms with Gasteiger partial charge in [0.2, 0.25) is 0 Å². The van der Waals surface area contributed by atoms with Gasteiger partial charge in [-0.3, -0.25) is 4.79 Å². The van der Waals surface area contributed by atoms with Gasteiger partial charge in [-0.1, -0.05) is 19.4 Å². The van der Waals surface area contributed by atoms with E-state index in [9.17, 15) is 18.0 Å². The first-order chi connectivity index (χ1) is 13.2. The highest BCUT2D eigenvalue weighted by atomic mass is 19.4. The van der Waals surface area contributed by atoms with Gasteiger partial charge < -0.3 is 14.2 Å². The quantitative estimate of drug-likeness (QED) is 0.406. The molecule has 0 aliphatic rings. The molecule has 0 bridgehead atoms. The molecular weight excluding hydrogens is 373 g/mol. The number of benzene rings is 2. The molecule has 0 saturated carbocycles. The molecule has 2 rings (SSSR count). The van der Waals surface area contributed by atoms with Gasteiger partial charge in [0.05, 0.1) is 0 Å². The smallest absolute Gasteiger partial charge is 0.421 e. The Balaban J connectivity index is 2.40. The van der Waals surface area contributed by atoms with Crippen molar-refractivity contribution in [2.75, 3.05) is 13.9 Å². The fourth-order valence-electron chi connectivity index (χ4n) is 2.69. The van der Waals surface area contributed by atoms with Gasteiger partial charge in [-0.25, -0.2) is 0 Å². The van der Waals surface area contributed by atoms with Crippen LogP contribution in [0.5, 0.6) is 11.5 Å². The first-order valence-electron chi connectivity index (χ1n) is 8.81. The maximum atomic E-state index is 13.7. The molecule has 2 aromatic carbocycles. The summed E-state index contributed by atoms with van der Waals surface area (Å²) in [4.78, 5) is 10.7. The highest BCUT2D eigenvalue weighted by molar-refractivity contribution is 5.74. The molecule has 152 valence electrons. The summed E-state index contributed by atoms with van der Waals surface area (Å²) < 4.78 is 56.7. The van der Waals surface area contributed by atoms with E-state index in [4.69, 9.17) is 9.47 Å². The monoisotopic (exact) mass is 396 g/mol. The molecule has 2 aromatic rings. The summed E-state index contributed by atoms with van der Waals surface area (Å²) in [6.07, 6.45) is -2.64. The molecule has 0 fully saturated rings. The predicted molar refractivity (Wildman–Crippen MR) is 98.7 cm³/mol. The number of carbonyl (C=O) groups is 1. The third kappa shape index (κ3) is 4.91. The van der Waals surface area contributed by atoms with Crippen LogP contribution in [0.4, 0.5) is 13.2 Å². The number of methoxy groups -OCH3 is 1. The van der Waals surface area contributed by atoms with Crippen LogP contribution in [0.3, 0.4) is 0 Å². The number of ether oxygens (including phenoxy) is 3. The van der Waals surface area contributed by atoms with Crippen molar-refractivity contribution in [3.05, 3.63) is 59.2 Å². The van der Waals surface area contributed by atoms with Crippen LogP contribution in [-0.4, -0.2) is 26.4 Å². The summed E-state index contributed by atoms with van der Waals surface area (Å²) in [6, 6.07) is 10.8. The second-order valence-electron chi connectivity index (χ2n) is 6.44. The lowest BCUT2D eigenvalue weighted by Gasteiger charge is -2.32. The number of rotatable bonds is 9. The highest BCUT2D eigenvalue weighted by Gasteiger charge is 2.54. The molecule has 4 nitrogen and oxygen atoms in total. The molecular formula is C21H23F3O4. The molecule has 7 heteroatoms. The van der Waals surface area contributed by atoms with Gasteiger partial charge in [0, 0.05) is 12.7 Å². The Hall–Kier alpha value is -2.38. The van der Waals surface area contributed by atoms with Crippen molar-refractivity contribution in [3.63, 3.8) is 0 Å². The molecule has 0 spiro atoms. The maximum absolute atomic E-state index is 13.7. The van der Waals surface area contributed by atoms with E-state index >= 15 is 0 Å². The van der Waals surface area contributed by atoms with Crippen LogP contribution in [0, 0.1) is 0 Å². The molecule has 1 unspecified atom stereocenters. The van der Waals surface area contributed by atoms with Crippen molar-refractivity contribution >= 4 is 6.29 Å². The molecule has 0 heterocycles. The molecule has 1 atom stereocenters. The summed E-state index contributed by atoms with van der Waals surface area (Å²) in [5.41, 5.74) is -1.39. The topological polar surface area (TPSA) is 44.8 Å². The van der Waals surface area contributed by atoms with Crippen LogP contribution in [0.2, 0.25) is 0 Å². The Kier molecular flexibility index (Phi) is 7.21. The first kappa shape index (κ1) is 21.9. The number of aldehydes is 1. The van der Waals surface area contributed by atoms with E-state index < -0.39 is 18.6 Å².